The van der Waals surface area contributed by atoms with Crippen LogP contribution in [0.2, 0.25) is 0 Å². The van der Waals surface area contributed by atoms with Gasteiger partial charge in [-0.2, -0.15) is 0 Å². The van der Waals surface area contributed by atoms with Crippen LogP contribution in [0.3, 0.4) is 0 Å². The van der Waals surface area contributed by atoms with Crippen LogP contribution in [-0.2, 0) is 6.54 Å². The van der Waals surface area contributed by atoms with Gasteiger partial charge in [0.1, 0.15) is 10.7 Å². The second-order valence-electron chi connectivity index (χ2n) is 5.68. The van der Waals surface area contributed by atoms with E-state index >= 15 is 0 Å². The summed E-state index contributed by atoms with van der Waals surface area (Å²) in [6, 6.07) is 6.16. The Hall–Kier alpha value is -1.00. The van der Waals surface area contributed by atoms with Gasteiger partial charge in [0.05, 0.1) is 5.69 Å². The van der Waals surface area contributed by atoms with E-state index in [1.54, 1.807) is 0 Å². The van der Waals surface area contributed by atoms with E-state index in [0.717, 1.165) is 30.2 Å². The van der Waals surface area contributed by atoms with Gasteiger partial charge in [-0.05, 0) is 25.1 Å². The zero-order valence-electron chi connectivity index (χ0n) is 12.2. The molecule has 2 aromatic heterocycles. The normalized spacial score (nSPS) is 12.2. The van der Waals surface area contributed by atoms with Crippen molar-refractivity contribution in [3.63, 3.8) is 0 Å². The van der Waals surface area contributed by atoms with Gasteiger partial charge < -0.3 is 9.72 Å². The molecule has 104 valence electrons. The summed E-state index contributed by atoms with van der Waals surface area (Å²) in [5.74, 6) is 0. The summed E-state index contributed by atoms with van der Waals surface area (Å²) in [7, 11) is 0. The van der Waals surface area contributed by atoms with Crippen LogP contribution in [-0.4, -0.2) is 20.7 Å². The number of thioether (sulfide) groups is 1. The molecule has 19 heavy (non-hydrogen) atoms. The largest absolute Gasteiger partial charge is 0.311 e. The Balaban J connectivity index is 2.34. The fraction of sp³-hybridized carbons (Fsp3) is 0.533. The summed E-state index contributed by atoms with van der Waals surface area (Å²) in [5.41, 5.74) is 2.30. The van der Waals surface area contributed by atoms with Crippen LogP contribution in [0.5, 0.6) is 0 Å². The summed E-state index contributed by atoms with van der Waals surface area (Å²) in [4.78, 5) is 4.76. The smallest absolute Gasteiger partial charge is 0.138 e. The van der Waals surface area contributed by atoms with Crippen molar-refractivity contribution in [2.75, 3.05) is 6.54 Å². The van der Waals surface area contributed by atoms with Crippen molar-refractivity contribution in [3.8, 4) is 0 Å². The van der Waals surface area contributed by atoms with Crippen molar-refractivity contribution in [1.82, 2.24) is 14.7 Å². The van der Waals surface area contributed by atoms with Crippen molar-refractivity contribution in [1.29, 1.82) is 0 Å². The van der Waals surface area contributed by atoms with Gasteiger partial charge in [0.15, 0.2) is 0 Å². The topological polar surface area (TPSA) is 29.3 Å². The Morgan fingerprint density at radius 2 is 2.11 bits per heavy atom. The molecule has 0 radical (unpaired) electrons. The maximum Gasteiger partial charge on any atom is 0.138 e. The van der Waals surface area contributed by atoms with E-state index < -0.39 is 0 Å². The Kier molecular flexibility index (Phi) is 4.53. The molecule has 0 bridgehead atoms. The predicted octanol–water partition coefficient (Wildman–Crippen LogP) is 3.72. The van der Waals surface area contributed by atoms with Gasteiger partial charge in [0.2, 0.25) is 0 Å². The SMILES string of the molecule is CCCNCc1c(SC(C)(C)C)nc2ccccn12. The molecule has 0 aliphatic heterocycles. The summed E-state index contributed by atoms with van der Waals surface area (Å²) < 4.78 is 2.37. The lowest BCUT2D eigenvalue weighted by Gasteiger charge is -2.17. The molecule has 2 aromatic rings. The minimum atomic E-state index is 0.178. The quantitative estimate of drug-likeness (QED) is 0.667. The monoisotopic (exact) mass is 277 g/mol. The third-order valence-corrected chi connectivity index (χ3v) is 3.85. The average Bonchev–Trinajstić information content (AvgIpc) is 2.65. The number of imidazole rings is 1. The molecule has 2 rings (SSSR count). The van der Waals surface area contributed by atoms with Gasteiger partial charge in [-0.1, -0.05) is 45.5 Å². The van der Waals surface area contributed by atoms with Crippen molar-refractivity contribution < 1.29 is 0 Å². The fourth-order valence-electron chi connectivity index (χ4n) is 1.94. The van der Waals surface area contributed by atoms with Gasteiger partial charge in [-0.25, -0.2) is 4.98 Å². The van der Waals surface area contributed by atoms with Crippen molar-refractivity contribution in [2.45, 2.75) is 50.4 Å². The first-order valence-corrected chi connectivity index (χ1v) is 7.68. The van der Waals surface area contributed by atoms with Crippen LogP contribution >= 0.6 is 11.8 Å². The number of rotatable bonds is 5. The molecule has 3 nitrogen and oxygen atoms in total. The molecule has 0 fully saturated rings. The van der Waals surface area contributed by atoms with Crippen LogP contribution in [0.1, 0.15) is 39.8 Å². The molecule has 0 aliphatic carbocycles. The number of hydrogen-bond acceptors (Lipinski definition) is 3. The predicted molar refractivity (Wildman–Crippen MR) is 82.8 cm³/mol. The zero-order valence-corrected chi connectivity index (χ0v) is 13.0. The highest BCUT2D eigenvalue weighted by molar-refractivity contribution is 8.00. The van der Waals surface area contributed by atoms with E-state index in [4.69, 9.17) is 4.98 Å². The van der Waals surface area contributed by atoms with Crippen molar-refractivity contribution in [3.05, 3.63) is 30.1 Å². The highest BCUT2D eigenvalue weighted by Crippen LogP contribution is 2.33. The van der Waals surface area contributed by atoms with Crippen molar-refractivity contribution >= 4 is 17.4 Å². The lowest BCUT2D eigenvalue weighted by molar-refractivity contribution is 0.652. The molecule has 0 spiro atoms. The van der Waals surface area contributed by atoms with Gasteiger partial charge in [0, 0.05) is 17.5 Å². The van der Waals surface area contributed by atoms with Crippen LogP contribution in [0, 0.1) is 0 Å². The van der Waals surface area contributed by atoms with Gasteiger partial charge in [-0.15, -0.1) is 0 Å². The van der Waals surface area contributed by atoms with Gasteiger partial charge in [0.25, 0.3) is 0 Å². The number of nitrogens with one attached hydrogen (secondary N) is 1. The number of aromatic nitrogens is 2. The molecule has 0 amide bonds. The molecular formula is C15H23N3S. The molecule has 1 N–H and O–H groups in total. The van der Waals surface area contributed by atoms with E-state index in [1.807, 2.05) is 17.8 Å². The summed E-state index contributed by atoms with van der Waals surface area (Å²) in [6.07, 6.45) is 3.25. The molecule has 0 atom stereocenters. The maximum atomic E-state index is 4.76. The highest BCUT2D eigenvalue weighted by Gasteiger charge is 2.19. The van der Waals surface area contributed by atoms with Crippen molar-refractivity contribution in [2.24, 2.45) is 0 Å². The molecular weight excluding hydrogens is 254 g/mol. The zero-order chi connectivity index (χ0) is 13.9. The Morgan fingerprint density at radius 1 is 1.32 bits per heavy atom. The minimum Gasteiger partial charge on any atom is -0.311 e. The number of hydrogen-bond donors (Lipinski definition) is 1. The van der Waals surface area contributed by atoms with Crippen LogP contribution < -0.4 is 5.32 Å². The Labute approximate surface area is 119 Å². The highest BCUT2D eigenvalue weighted by atomic mass is 32.2. The van der Waals surface area contributed by atoms with E-state index in [-0.39, 0.29) is 4.75 Å². The van der Waals surface area contributed by atoms with Gasteiger partial charge >= 0.3 is 0 Å². The van der Waals surface area contributed by atoms with E-state index in [1.165, 1.54) is 5.69 Å². The second kappa shape index (κ2) is 5.97. The molecule has 0 saturated heterocycles. The van der Waals surface area contributed by atoms with E-state index in [9.17, 15) is 0 Å². The van der Waals surface area contributed by atoms with E-state index in [0.29, 0.717) is 0 Å². The first-order chi connectivity index (χ1) is 9.01. The van der Waals surface area contributed by atoms with Crippen LogP contribution in [0.15, 0.2) is 29.4 Å². The van der Waals surface area contributed by atoms with Crippen LogP contribution in [0.25, 0.3) is 5.65 Å². The third-order valence-electron chi connectivity index (χ3n) is 2.71. The molecule has 2 heterocycles. The standard InChI is InChI=1S/C15H23N3S/c1-5-9-16-11-12-14(19-15(2,3)4)17-13-8-6-7-10-18(12)13/h6-8,10,16H,5,9,11H2,1-4H3. The van der Waals surface area contributed by atoms with Crippen LogP contribution in [0.4, 0.5) is 0 Å². The maximum absolute atomic E-state index is 4.76. The molecule has 0 unspecified atom stereocenters. The lowest BCUT2D eigenvalue weighted by atomic mass is 10.3. The Bertz CT molecular complexity index is 540. The first-order valence-electron chi connectivity index (χ1n) is 6.87. The molecule has 4 heteroatoms. The Morgan fingerprint density at radius 3 is 2.79 bits per heavy atom. The second-order valence-corrected chi connectivity index (χ2v) is 7.50. The number of fused-ring (bicyclic) bond motifs is 1. The molecule has 0 aromatic carbocycles. The van der Waals surface area contributed by atoms with Gasteiger partial charge in [-0.3, -0.25) is 0 Å². The molecule has 0 saturated carbocycles. The van der Waals surface area contributed by atoms with E-state index in [2.05, 4.69) is 55.7 Å². The fourth-order valence-corrected chi connectivity index (χ4v) is 2.95. The molecule has 0 aliphatic rings. The average molecular weight is 277 g/mol. The lowest BCUT2D eigenvalue weighted by Crippen LogP contribution is -2.16. The number of nitrogens with zero attached hydrogens (tertiary/aromatic N) is 2. The first kappa shape index (κ1) is 14.4. The summed E-state index contributed by atoms with van der Waals surface area (Å²) in [5, 5.41) is 4.62. The summed E-state index contributed by atoms with van der Waals surface area (Å²) >= 11 is 1.84. The minimum absolute atomic E-state index is 0.178. The number of pyridine rings is 1. The third kappa shape index (κ3) is 3.74. The summed E-state index contributed by atoms with van der Waals surface area (Å²) in [6.45, 7) is 10.8.